The summed E-state index contributed by atoms with van der Waals surface area (Å²) in [6.07, 6.45) is 3.40. The van der Waals surface area contributed by atoms with Crippen molar-refractivity contribution in [2.75, 3.05) is 0 Å². The summed E-state index contributed by atoms with van der Waals surface area (Å²) in [4.78, 5) is 7.10. The van der Waals surface area contributed by atoms with E-state index in [9.17, 15) is 0 Å². The number of nitrogens with one attached hydrogen (secondary N) is 1. The monoisotopic (exact) mass is 193 g/mol. The lowest BCUT2D eigenvalue weighted by Gasteiger charge is -2.02. The quantitative estimate of drug-likeness (QED) is 0.729. The molecule has 3 nitrogen and oxygen atoms in total. The van der Waals surface area contributed by atoms with Gasteiger partial charge in [0.15, 0.2) is 0 Å². The zero-order valence-corrected chi connectivity index (χ0v) is 7.60. The van der Waals surface area contributed by atoms with Gasteiger partial charge in [0.05, 0.1) is 5.02 Å². The largest absolute Gasteiger partial charge is 0.399 e. The minimum atomic E-state index is 0.431. The highest BCUT2D eigenvalue weighted by atomic mass is 35.5. The molecule has 0 unspecified atom stereocenters. The van der Waals surface area contributed by atoms with E-state index in [0.717, 1.165) is 11.0 Å². The number of hydrogen-bond acceptors (Lipinski definition) is 2. The first-order valence-electron chi connectivity index (χ1n) is 3.76. The van der Waals surface area contributed by atoms with E-state index in [2.05, 4.69) is 16.5 Å². The number of halogens is 1. The lowest BCUT2D eigenvalue weighted by Crippen LogP contribution is -1.96. The molecule has 2 heterocycles. The lowest BCUT2D eigenvalue weighted by molar-refractivity contribution is 1.31. The minimum Gasteiger partial charge on any atom is -0.399 e. The Morgan fingerprint density at radius 3 is 3.08 bits per heavy atom. The van der Waals surface area contributed by atoms with Gasteiger partial charge in [-0.05, 0) is 6.07 Å². The molecule has 2 aromatic heterocycles. The first-order valence-corrected chi connectivity index (χ1v) is 4.14. The Hall–Kier alpha value is -1.48. The molecule has 2 aromatic rings. The normalized spacial score (nSPS) is 10.5. The van der Waals surface area contributed by atoms with Crippen molar-refractivity contribution in [3.63, 3.8) is 0 Å². The van der Waals surface area contributed by atoms with Crippen molar-refractivity contribution in [1.29, 1.82) is 0 Å². The van der Waals surface area contributed by atoms with Crippen LogP contribution in [0, 0.1) is 0 Å². The van der Waals surface area contributed by atoms with Gasteiger partial charge < -0.3 is 10.7 Å². The molecule has 2 rings (SSSR count). The number of pyridine rings is 1. The number of aromatic nitrogens is 2. The summed E-state index contributed by atoms with van der Waals surface area (Å²) >= 11 is 6.08. The summed E-state index contributed by atoms with van der Waals surface area (Å²) in [6, 6.07) is 1.86. The molecule has 13 heavy (non-hydrogen) atoms. The van der Waals surface area contributed by atoms with Gasteiger partial charge in [0.25, 0.3) is 0 Å². The number of H-pyrrole nitrogens is 1. The van der Waals surface area contributed by atoms with E-state index >= 15 is 0 Å². The van der Waals surface area contributed by atoms with E-state index in [4.69, 9.17) is 17.3 Å². The molecule has 3 N–H and O–H groups in total. The second kappa shape index (κ2) is 2.78. The van der Waals surface area contributed by atoms with E-state index in [1.807, 2.05) is 6.07 Å². The average molecular weight is 194 g/mol. The average Bonchev–Trinajstić information content (AvgIpc) is 2.52. The Morgan fingerprint density at radius 1 is 1.62 bits per heavy atom. The van der Waals surface area contributed by atoms with E-state index in [0.29, 0.717) is 16.3 Å². The van der Waals surface area contributed by atoms with Crippen LogP contribution in [0.3, 0.4) is 0 Å². The maximum Gasteiger partial charge on any atom is 0.138 e. The van der Waals surface area contributed by atoms with Crippen LogP contribution in [0.4, 0.5) is 0 Å². The third-order valence-electron chi connectivity index (χ3n) is 1.87. The summed E-state index contributed by atoms with van der Waals surface area (Å²) < 4.78 is 0. The minimum absolute atomic E-state index is 0.431. The first kappa shape index (κ1) is 8.13. The summed E-state index contributed by atoms with van der Waals surface area (Å²) in [7, 11) is 0. The summed E-state index contributed by atoms with van der Waals surface area (Å²) in [5.74, 6) is 0. The lowest BCUT2D eigenvalue weighted by atomic mass is 10.2. The van der Waals surface area contributed by atoms with Crippen LogP contribution >= 0.6 is 11.6 Å². The predicted molar refractivity (Wildman–Crippen MR) is 54.3 cm³/mol. The van der Waals surface area contributed by atoms with Crippen LogP contribution in [0.2, 0.25) is 5.02 Å². The topological polar surface area (TPSA) is 54.7 Å². The highest BCUT2D eigenvalue weighted by molar-refractivity contribution is 6.36. The Kier molecular flexibility index (Phi) is 1.74. The summed E-state index contributed by atoms with van der Waals surface area (Å²) in [5.41, 5.74) is 7.42. The van der Waals surface area contributed by atoms with Crippen LogP contribution in [0.5, 0.6) is 0 Å². The highest BCUT2D eigenvalue weighted by Crippen LogP contribution is 2.26. The molecular weight excluding hydrogens is 186 g/mol. The van der Waals surface area contributed by atoms with Gasteiger partial charge in [-0.15, -0.1) is 0 Å². The second-order valence-electron chi connectivity index (χ2n) is 2.75. The number of nitrogens with zero attached hydrogens (tertiary/aromatic N) is 1. The Bertz CT molecular complexity index is 473. The molecule has 4 heteroatoms. The molecular formula is C9H8ClN3. The molecule has 66 valence electrons. The molecule has 0 aliphatic heterocycles. The van der Waals surface area contributed by atoms with Crippen LogP contribution < -0.4 is 5.73 Å². The molecule has 0 bridgehead atoms. The standard InChI is InChI=1S/C9H8ClN3/c1-5(11)7-4-13-9-6(8(7)10)2-3-12-9/h2-4H,1,11H2,(H,12,13). The molecule has 0 saturated carbocycles. The number of aromatic amines is 1. The maximum absolute atomic E-state index is 6.08. The Labute approximate surface area is 80.2 Å². The third-order valence-corrected chi connectivity index (χ3v) is 2.27. The van der Waals surface area contributed by atoms with Crippen LogP contribution in [0.1, 0.15) is 5.56 Å². The van der Waals surface area contributed by atoms with Crippen molar-refractivity contribution in [2.45, 2.75) is 0 Å². The van der Waals surface area contributed by atoms with Crippen LogP contribution in [-0.2, 0) is 0 Å². The van der Waals surface area contributed by atoms with Crippen molar-refractivity contribution < 1.29 is 0 Å². The summed E-state index contributed by atoms with van der Waals surface area (Å²) in [5, 5.41) is 1.46. The molecule has 0 aromatic carbocycles. The Balaban J connectivity index is 2.80. The van der Waals surface area contributed by atoms with Crippen molar-refractivity contribution in [1.82, 2.24) is 9.97 Å². The first-order chi connectivity index (χ1) is 6.20. The Morgan fingerprint density at radius 2 is 2.38 bits per heavy atom. The van der Waals surface area contributed by atoms with Crippen molar-refractivity contribution in [3.05, 3.63) is 35.6 Å². The van der Waals surface area contributed by atoms with Crippen molar-refractivity contribution >= 4 is 28.3 Å². The molecule has 0 fully saturated rings. The zero-order valence-electron chi connectivity index (χ0n) is 6.84. The zero-order chi connectivity index (χ0) is 9.42. The number of hydrogen-bond donors (Lipinski definition) is 2. The summed E-state index contributed by atoms with van der Waals surface area (Å²) in [6.45, 7) is 3.62. The van der Waals surface area contributed by atoms with E-state index in [-0.39, 0.29) is 0 Å². The molecule has 0 saturated heterocycles. The van der Waals surface area contributed by atoms with Gasteiger partial charge in [-0.1, -0.05) is 18.2 Å². The van der Waals surface area contributed by atoms with E-state index in [1.54, 1.807) is 12.4 Å². The van der Waals surface area contributed by atoms with Gasteiger partial charge in [0, 0.05) is 29.0 Å². The fourth-order valence-corrected chi connectivity index (χ4v) is 1.52. The predicted octanol–water partition coefficient (Wildman–Crippen LogP) is 2.15. The van der Waals surface area contributed by atoms with Gasteiger partial charge in [0.1, 0.15) is 5.65 Å². The van der Waals surface area contributed by atoms with Gasteiger partial charge in [-0.2, -0.15) is 0 Å². The SMILES string of the molecule is C=C(N)c1cnc2[nH]ccc2c1Cl. The molecule has 0 radical (unpaired) electrons. The van der Waals surface area contributed by atoms with E-state index in [1.165, 1.54) is 0 Å². The molecule has 0 amide bonds. The van der Waals surface area contributed by atoms with Gasteiger partial charge in [0.2, 0.25) is 0 Å². The van der Waals surface area contributed by atoms with Crippen molar-refractivity contribution in [2.24, 2.45) is 5.73 Å². The smallest absolute Gasteiger partial charge is 0.138 e. The third kappa shape index (κ3) is 1.17. The van der Waals surface area contributed by atoms with Gasteiger partial charge >= 0.3 is 0 Å². The fourth-order valence-electron chi connectivity index (χ4n) is 1.20. The fraction of sp³-hybridized carbons (Fsp3) is 0. The van der Waals surface area contributed by atoms with Crippen LogP contribution in [0.15, 0.2) is 25.0 Å². The second-order valence-corrected chi connectivity index (χ2v) is 3.13. The maximum atomic E-state index is 6.08. The molecule has 0 aliphatic carbocycles. The van der Waals surface area contributed by atoms with Crippen LogP contribution in [-0.4, -0.2) is 9.97 Å². The van der Waals surface area contributed by atoms with Crippen LogP contribution in [0.25, 0.3) is 16.7 Å². The highest BCUT2D eigenvalue weighted by Gasteiger charge is 2.07. The molecule has 0 atom stereocenters. The van der Waals surface area contributed by atoms with Gasteiger partial charge in [-0.3, -0.25) is 0 Å². The van der Waals surface area contributed by atoms with Crippen molar-refractivity contribution in [3.8, 4) is 0 Å². The number of rotatable bonds is 1. The molecule has 0 spiro atoms. The number of fused-ring (bicyclic) bond motifs is 1. The van der Waals surface area contributed by atoms with Gasteiger partial charge in [-0.25, -0.2) is 4.98 Å². The number of nitrogens with two attached hydrogens (primary N) is 1. The van der Waals surface area contributed by atoms with E-state index < -0.39 is 0 Å². The molecule has 0 aliphatic rings.